The molecule has 0 unspecified atom stereocenters. The number of rotatable bonds is 10. The molecule has 0 aliphatic carbocycles. The zero-order valence-electron chi connectivity index (χ0n) is 14.9. The SMILES string of the molecule is Cc1ccc(S(=O)(=O)N(C)CC(=O)NCCOCCC(C)C)cc1. The monoisotopic (exact) mass is 356 g/mol. The van der Waals surface area contributed by atoms with Crippen molar-refractivity contribution in [3.63, 3.8) is 0 Å². The molecule has 0 radical (unpaired) electrons. The number of nitrogens with one attached hydrogen (secondary N) is 1. The number of ether oxygens (including phenoxy) is 1. The fourth-order valence-electron chi connectivity index (χ4n) is 1.92. The Morgan fingerprint density at radius 3 is 2.42 bits per heavy atom. The van der Waals surface area contributed by atoms with E-state index in [1.165, 1.54) is 7.05 Å². The van der Waals surface area contributed by atoms with E-state index >= 15 is 0 Å². The van der Waals surface area contributed by atoms with Gasteiger partial charge in [-0.3, -0.25) is 4.79 Å². The fourth-order valence-corrected chi connectivity index (χ4v) is 3.04. The van der Waals surface area contributed by atoms with Gasteiger partial charge in [-0.1, -0.05) is 31.5 Å². The number of carbonyl (C=O) groups excluding carboxylic acids is 1. The van der Waals surface area contributed by atoms with Gasteiger partial charge in [0.05, 0.1) is 18.0 Å². The van der Waals surface area contributed by atoms with Crippen LogP contribution in [-0.4, -0.2) is 52.0 Å². The van der Waals surface area contributed by atoms with Gasteiger partial charge in [-0.05, 0) is 31.4 Å². The highest BCUT2D eigenvalue weighted by molar-refractivity contribution is 7.89. The summed E-state index contributed by atoms with van der Waals surface area (Å²) in [6.07, 6.45) is 0.978. The van der Waals surface area contributed by atoms with Gasteiger partial charge in [0.2, 0.25) is 15.9 Å². The van der Waals surface area contributed by atoms with Crippen molar-refractivity contribution in [2.75, 3.05) is 33.4 Å². The van der Waals surface area contributed by atoms with E-state index in [4.69, 9.17) is 4.74 Å². The van der Waals surface area contributed by atoms with Crippen molar-refractivity contribution in [2.45, 2.75) is 32.1 Å². The van der Waals surface area contributed by atoms with E-state index in [9.17, 15) is 13.2 Å². The van der Waals surface area contributed by atoms with Crippen LogP contribution >= 0.6 is 0 Å². The first-order valence-electron chi connectivity index (χ1n) is 8.11. The summed E-state index contributed by atoms with van der Waals surface area (Å²) in [5.41, 5.74) is 0.979. The Labute approximate surface area is 145 Å². The van der Waals surface area contributed by atoms with Gasteiger partial charge < -0.3 is 10.1 Å². The quantitative estimate of drug-likeness (QED) is 0.649. The molecule has 1 aromatic carbocycles. The minimum Gasteiger partial charge on any atom is -0.380 e. The maximum absolute atomic E-state index is 12.4. The van der Waals surface area contributed by atoms with E-state index in [0.29, 0.717) is 25.7 Å². The topological polar surface area (TPSA) is 75.7 Å². The van der Waals surface area contributed by atoms with Crippen LogP contribution in [0.3, 0.4) is 0 Å². The molecule has 1 N–H and O–H groups in total. The van der Waals surface area contributed by atoms with Crippen molar-refractivity contribution in [3.05, 3.63) is 29.8 Å². The predicted octanol–water partition coefficient (Wildman–Crippen LogP) is 1.79. The van der Waals surface area contributed by atoms with Crippen LogP contribution < -0.4 is 5.32 Å². The van der Waals surface area contributed by atoms with E-state index in [2.05, 4.69) is 19.2 Å². The summed E-state index contributed by atoms with van der Waals surface area (Å²) in [5, 5.41) is 2.66. The first-order valence-corrected chi connectivity index (χ1v) is 9.55. The Kier molecular flexibility index (Phi) is 8.38. The minimum atomic E-state index is -3.66. The fraction of sp³-hybridized carbons (Fsp3) is 0.588. The Hall–Kier alpha value is -1.44. The molecule has 7 heteroatoms. The number of likely N-dealkylation sites (N-methyl/N-ethyl adjacent to an activating group) is 1. The average molecular weight is 356 g/mol. The minimum absolute atomic E-state index is 0.181. The lowest BCUT2D eigenvalue weighted by molar-refractivity contribution is -0.121. The van der Waals surface area contributed by atoms with Crippen molar-refractivity contribution >= 4 is 15.9 Å². The molecule has 0 aliphatic rings. The number of sulfonamides is 1. The van der Waals surface area contributed by atoms with Gasteiger partial charge in [-0.2, -0.15) is 4.31 Å². The summed E-state index contributed by atoms with van der Waals surface area (Å²) in [4.78, 5) is 12.0. The van der Waals surface area contributed by atoms with Crippen molar-refractivity contribution < 1.29 is 17.9 Å². The van der Waals surface area contributed by atoms with Gasteiger partial charge >= 0.3 is 0 Å². The molecular formula is C17H28N2O4S. The Balaban J connectivity index is 2.39. The maximum atomic E-state index is 12.4. The molecule has 0 aliphatic heterocycles. The third-order valence-corrected chi connectivity index (χ3v) is 5.32. The summed E-state index contributed by atoms with van der Waals surface area (Å²) in [6.45, 7) is 7.36. The molecule has 0 aromatic heterocycles. The number of benzene rings is 1. The van der Waals surface area contributed by atoms with Crippen LogP contribution in [0.2, 0.25) is 0 Å². The molecule has 0 atom stereocenters. The van der Waals surface area contributed by atoms with Gasteiger partial charge in [0.15, 0.2) is 0 Å². The van der Waals surface area contributed by atoms with Crippen molar-refractivity contribution in [3.8, 4) is 0 Å². The molecule has 136 valence electrons. The third-order valence-electron chi connectivity index (χ3n) is 3.50. The van der Waals surface area contributed by atoms with E-state index in [0.717, 1.165) is 16.3 Å². The lowest BCUT2D eigenvalue weighted by Gasteiger charge is -2.17. The van der Waals surface area contributed by atoms with E-state index in [-0.39, 0.29) is 17.3 Å². The lowest BCUT2D eigenvalue weighted by atomic mass is 10.1. The second-order valence-corrected chi connectivity index (χ2v) is 8.26. The molecule has 0 heterocycles. The van der Waals surface area contributed by atoms with E-state index in [1.807, 2.05) is 6.92 Å². The average Bonchev–Trinajstić information content (AvgIpc) is 2.50. The van der Waals surface area contributed by atoms with Crippen LogP contribution in [0, 0.1) is 12.8 Å². The molecular weight excluding hydrogens is 328 g/mol. The van der Waals surface area contributed by atoms with Crippen molar-refractivity contribution in [1.82, 2.24) is 9.62 Å². The number of hydrogen-bond acceptors (Lipinski definition) is 4. The van der Waals surface area contributed by atoms with E-state index in [1.54, 1.807) is 24.3 Å². The third kappa shape index (κ3) is 6.98. The summed E-state index contributed by atoms with van der Waals surface area (Å²) in [6, 6.07) is 6.55. The van der Waals surface area contributed by atoms with Gasteiger partial charge in [-0.15, -0.1) is 0 Å². The van der Waals surface area contributed by atoms with E-state index < -0.39 is 10.0 Å². The largest absolute Gasteiger partial charge is 0.380 e. The van der Waals surface area contributed by atoms with Crippen molar-refractivity contribution in [2.24, 2.45) is 5.92 Å². The lowest BCUT2D eigenvalue weighted by Crippen LogP contribution is -2.39. The maximum Gasteiger partial charge on any atom is 0.243 e. The molecule has 0 saturated carbocycles. The molecule has 6 nitrogen and oxygen atoms in total. The number of nitrogens with zero attached hydrogens (tertiary/aromatic N) is 1. The normalized spacial score (nSPS) is 11.9. The standard InChI is InChI=1S/C17H28N2O4S/c1-14(2)9-11-23-12-10-18-17(20)13-19(4)24(21,22)16-7-5-15(3)6-8-16/h5-8,14H,9-13H2,1-4H3,(H,18,20). The highest BCUT2D eigenvalue weighted by Gasteiger charge is 2.22. The highest BCUT2D eigenvalue weighted by Crippen LogP contribution is 2.14. The molecule has 0 spiro atoms. The molecule has 0 saturated heterocycles. The molecule has 1 aromatic rings. The first kappa shape index (κ1) is 20.6. The molecule has 0 fully saturated rings. The van der Waals surface area contributed by atoms with Gasteiger partial charge in [0, 0.05) is 20.2 Å². The highest BCUT2D eigenvalue weighted by atomic mass is 32.2. The van der Waals surface area contributed by atoms with Crippen LogP contribution in [0.1, 0.15) is 25.8 Å². The number of aryl methyl sites for hydroxylation is 1. The second-order valence-electron chi connectivity index (χ2n) is 6.22. The predicted molar refractivity (Wildman–Crippen MR) is 94.3 cm³/mol. The van der Waals surface area contributed by atoms with Gasteiger partial charge in [-0.25, -0.2) is 8.42 Å². The Bertz CT molecular complexity index is 612. The van der Waals surface area contributed by atoms with Crippen LogP contribution in [-0.2, 0) is 19.6 Å². The number of amides is 1. The Morgan fingerprint density at radius 2 is 1.83 bits per heavy atom. The van der Waals surface area contributed by atoms with Gasteiger partial charge in [0.1, 0.15) is 0 Å². The summed E-state index contributed by atoms with van der Waals surface area (Å²) < 4.78 is 31.2. The summed E-state index contributed by atoms with van der Waals surface area (Å²) in [7, 11) is -2.26. The van der Waals surface area contributed by atoms with Crippen LogP contribution in [0.15, 0.2) is 29.2 Å². The van der Waals surface area contributed by atoms with Crippen molar-refractivity contribution in [1.29, 1.82) is 0 Å². The smallest absolute Gasteiger partial charge is 0.243 e. The molecule has 24 heavy (non-hydrogen) atoms. The first-order chi connectivity index (χ1) is 11.2. The molecule has 1 rings (SSSR count). The zero-order chi connectivity index (χ0) is 18.2. The van der Waals surface area contributed by atoms with Crippen LogP contribution in [0.5, 0.6) is 0 Å². The molecule has 0 bridgehead atoms. The zero-order valence-corrected chi connectivity index (χ0v) is 15.7. The number of hydrogen-bond donors (Lipinski definition) is 1. The number of carbonyl (C=O) groups is 1. The summed E-state index contributed by atoms with van der Waals surface area (Å²) in [5.74, 6) is 0.237. The Morgan fingerprint density at radius 1 is 1.21 bits per heavy atom. The van der Waals surface area contributed by atoms with Gasteiger partial charge in [0.25, 0.3) is 0 Å². The second kappa shape index (κ2) is 9.76. The molecule has 1 amide bonds. The van der Waals surface area contributed by atoms with Crippen LogP contribution in [0.4, 0.5) is 0 Å². The summed E-state index contributed by atoms with van der Waals surface area (Å²) >= 11 is 0. The van der Waals surface area contributed by atoms with Crippen LogP contribution in [0.25, 0.3) is 0 Å².